The van der Waals surface area contributed by atoms with Crippen LogP contribution in [0.25, 0.3) is 0 Å². The first kappa shape index (κ1) is 9.03. The van der Waals surface area contributed by atoms with Crippen molar-refractivity contribution in [2.24, 2.45) is 0 Å². The Hall–Kier alpha value is 1.38. The van der Waals surface area contributed by atoms with Crippen molar-refractivity contribution in [2.45, 2.75) is 0 Å². The molecule has 0 fully saturated rings. The maximum Gasteiger partial charge on any atom is 0.0944 e. The van der Waals surface area contributed by atoms with E-state index in [-0.39, 0.29) is 25.7 Å². The number of rotatable bonds is 0. The summed E-state index contributed by atoms with van der Waals surface area (Å²) in [5.74, 6) is 0. The summed E-state index contributed by atoms with van der Waals surface area (Å²) in [6.07, 6.45) is 0. The Morgan fingerprint density at radius 1 is 1.75 bits per heavy atom. The summed E-state index contributed by atoms with van der Waals surface area (Å²) in [5.41, 5.74) is 0. The molecule has 0 rings (SSSR count). The summed E-state index contributed by atoms with van der Waals surface area (Å²) < 4.78 is 0.220. The van der Waals surface area contributed by atoms with Gasteiger partial charge >= 0.3 is 0 Å². The minimum atomic E-state index is 0. The molecule has 0 unspecified atom stereocenters. The van der Waals surface area contributed by atoms with Crippen LogP contribution in [0.5, 0.6) is 0 Å². The third-order valence-corrected chi connectivity index (χ3v) is 0. The first-order valence-electron chi connectivity index (χ1n) is 0.583. The molecule has 0 bridgehead atoms. The van der Waals surface area contributed by atoms with Gasteiger partial charge in [-0.3, -0.25) is 0 Å². The van der Waals surface area contributed by atoms with Crippen molar-refractivity contribution in [3.8, 4) is 0 Å². The van der Waals surface area contributed by atoms with Crippen molar-refractivity contribution in [3.63, 3.8) is 0 Å². The topological polar surface area (TPSA) is 20.2 Å². The van der Waals surface area contributed by atoms with E-state index in [2.05, 4.69) is 0 Å². The van der Waals surface area contributed by atoms with E-state index < -0.39 is 0 Å². The summed E-state index contributed by atoms with van der Waals surface area (Å²) in [6, 6.07) is 0. The van der Waals surface area contributed by atoms with Crippen molar-refractivity contribution in [1.29, 1.82) is 0 Å². The molecule has 0 radical (unpaired) electrons. The summed E-state index contributed by atoms with van der Waals surface area (Å²) >= 11 is 1.84. The summed E-state index contributed by atoms with van der Waals surface area (Å²) in [7, 11) is 0. The maximum absolute atomic E-state index is 7.56. The Morgan fingerprint density at radius 3 is 1.75 bits per heavy atom. The number of aliphatic hydroxyl groups is 1. The van der Waals surface area contributed by atoms with Crippen LogP contribution >= 0.6 is 22.6 Å². The van der Waals surface area contributed by atoms with Gasteiger partial charge in [-0.2, -0.15) is 0 Å². The molecule has 0 aliphatic rings. The van der Waals surface area contributed by atoms with E-state index in [0.717, 1.165) is 0 Å². The fraction of sp³-hybridized carbons (Fsp3) is 1.00. The molecular formula is CH3IOW. The summed E-state index contributed by atoms with van der Waals surface area (Å²) in [4.78, 5) is 0. The Bertz CT molecular complexity index is 8.00. The number of halogens is 1. The maximum atomic E-state index is 7.56. The van der Waals surface area contributed by atoms with Crippen molar-refractivity contribution in [1.82, 2.24) is 0 Å². The molecule has 0 aliphatic heterocycles. The van der Waals surface area contributed by atoms with Gasteiger partial charge in [-0.25, -0.2) is 0 Å². The summed E-state index contributed by atoms with van der Waals surface area (Å²) in [6.45, 7) is 0. The fourth-order valence-electron chi connectivity index (χ4n) is 0. The molecule has 0 aromatic heterocycles. The van der Waals surface area contributed by atoms with Gasteiger partial charge in [0.1, 0.15) is 0 Å². The van der Waals surface area contributed by atoms with Crippen LogP contribution < -0.4 is 0 Å². The molecule has 1 nitrogen and oxygen atoms in total. The van der Waals surface area contributed by atoms with Crippen molar-refractivity contribution in [2.75, 3.05) is 4.61 Å². The van der Waals surface area contributed by atoms with Gasteiger partial charge in [0, 0.05) is 21.1 Å². The predicted octanol–water partition coefficient (Wildman–Crippen LogP) is 0.369. The van der Waals surface area contributed by atoms with Gasteiger partial charge in [0.25, 0.3) is 0 Å². The fourth-order valence-corrected chi connectivity index (χ4v) is 0. The number of hydrogen-bond donors (Lipinski definition) is 1. The Morgan fingerprint density at radius 2 is 1.75 bits per heavy atom. The summed E-state index contributed by atoms with van der Waals surface area (Å²) in [5, 5.41) is 7.56. The second-order valence-corrected chi connectivity index (χ2v) is 0.802. The van der Waals surface area contributed by atoms with E-state index in [4.69, 9.17) is 5.11 Å². The second-order valence-electron chi connectivity index (χ2n) is 0.120. The molecule has 0 aromatic carbocycles. The zero-order valence-corrected chi connectivity index (χ0v) is 7.03. The third-order valence-electron chi connectivity index (χ3n) is 0. The second kappa shape index (κ2) is 8.83. The molecule has 4 heavy (non-hydrogen) atoms. The largest absolute Gasteiger partial charge is 0.386 e. The molecular weight excluding hydrogens is 339 g/mol. The van der Waals surface area contributed by atoms with Gasteiger partial charge in [0.05, 0.1) is 4.61 Å². The average Bonchev–Trinajstić information content (AvgIpc) is 0.918. The van der Waals surface area contributed by atoms with Gasteiger partial charge in [0.2, 0.25) is 0 Å². The van der Waals surface area contributed by atoms with Gasteiger partial charge in [-0.15, -0.1) is 0 Å². The molecule has 0 heterocycles. The van der Waals surface area contributed by atoms with E-state index in [1.165, 1.54) is 0 Å². The smallest absolute Gasteiger partial charge is 0.0944 e. The Kier molecular flexibility index (Phi) is 20.0. The van der Waals surface area contributed by atoms with Gasteiger partial charge in [-0.1, -0.05) is 22.6 Å². The number of aliphatic hydroxyl groups excluding tert-OH is 1. The van der Waals surface area contributed by atoms with Crippen molar-refractivity contribution >= 4 is 22.6 Å². The van der Waals surface area contributed by atoms with Crippen molar-refractivity contribution < 1.29 is 26.2 Å². The first-order valence-corrected chi connectivity index (χ1v) is 2.11. The monoisotopic (exact) mass is 342 g/mol. The third kappa shape index (κ3) is 10.1. The van der Waals surface area contributed by atoms with E-state index in [1.54, 1.807) is 0 Å². The average molecular weight is 342 g/mol. The SMILES string of the molecule is OCI.[W]. The van der Waals surface area contributed by atoms with Crippen LogP contribution in [0.15, 0.2) is 0 Å². The van der Waals surface area contributed by atoms with Gasteiger partial charge in [0.15, 0.2) is 0 Å². The van der Waals surface area contributed by atoms with Crippen LogP contribution in [-0.4, -0.2) is 9.72 Å². The van der Waals surface area contributed by atoms with Crippen molar-refractivity contribution in [3.05, 3.63) is 0 Å². The number of alkyl halides is 1. The van der Waals surface area contributed by atoms with Crippen LogP contribution in [-0.2, 0) is 21.1 Å². The van der Waals surface area contributed by atoms with Crippen LogP contribution in [0.1, 0.15) is 0 Å². The Balaban J connectivity index is 0. The minimum Gasteiger partial charge on any atom is -0.386 e. The molecule has 1 N–H and O–H groups in total. The standard InChI is InChI=1S/CH3IO.W/c2-1-3;/h3H,1H2;. The number of hydrogen-bond acceptors (Lipinski definition) is 1. The van der Waals surface area contributed by atoms with E-state index in [1.807, 2.05) is 22.6 Å². The predicted molar refractivity (Wildman–Crippen MR) is 21.1 cm³/mol. The molecule has 0 amide bonds. The molecule has 3 heteroatoms. The Labute approximate surface area is 53.2 Å². The molecule has 0 aromatic rings. The van der Waals surface area contributed by atoms with Crippen LogP contribution in [0, 0.1) is 0 Å². The van der Waals surface area contributed by atoms with E-state index in [0.29, 0.717) is 0 Å². The molecule has 0 saturated carbocycles. The van der Waals surface area contributed by atoms with Crippen LogP contribution in [0.4, 0.5) is 0 Å². The van der Waals surface area contributed by atoms with Gasteiger partial charge in [-0.05, 0) is 0 Å². The molecule has 0 spiro atoms. The zero-order valence-electron chi connectivity index (χ0n) is 1.94. The molecule has 26 valence electrons. The van der Waals surface area contributed by atoms with Gasteiger partial charge < -0.3 is 5.11 Å². The zero-order chi connectivity index (χ0) is 2.71. The molecule has 0 aliphatic carbocycles. The van der Waals surface area contributed by atoms with Crippen LogP contribution in [0.2, 0.25) is 0 Å². The van der Waals surface area contributed by atoms with E-state index in [9.17, 15) is 0 Å². The quantitative estimate of drug-likeness (QED) is 0.498. The van der Waals surface area contributed by atoms with Crippen LogP contribution in [0.3, 0.4) is 0 Å². The minimum absolute atomic E-state index is 0. The first-order chi connectivity index (χ1) is 1.41. The normalized spacial score (nSPS) is 4.50. The van der Waals surface area contributed by atoms with E-state index >= 15 is 0 Å². The molecule has 0 saturated heterocycles. The molecule has 0 atom stereocenters.